The minimum Gasteiger partial charge on any atom is -0.481 e. The first-order chi connectivity index (χ1) is 8.95. The van der Waals surface area contributed by atoms with Crippen molar-refractivity contribution in [3.63, 3.8) is 0 Å². The van der Waals surface area contributed by atoms with Crippen LogP contribution in [0.3, 0.4) is 0 Å². The predicted octanol–water partition coefficient (Wildman–Crippen LogP) is 1.20. The summed E-state index contributed by atoms with van der Waals surface area (Å²) in [5.74, 6) is -0.891. The summed E-state index contributed by atoms with van der Waals surface area (Å²) in [5, 5.41) is 22.4. The maximum atomic E-state index is 10.9. The molecule has 1 heterocycles. The van der Waals surface area contributed by atoms with E-state index < -0.39 is 17.0 Å². The smallest absolute Gasteiger partial charge is 0.314 e. The van der Waals surface area contributed by atoms with E-state index in [9.17, 15) is 14.9 Å². The first kappa shape index (κ1) is 14.8. The van der Waals surface area contributed by atoms with E-state index in [1.54, 1.807) is 6.92 Å². The molecular formula is C11H15N3O5. The molecule has 0 spiro atoms. The first-order valence-electron chi connectivity index (χ1n) is 5.54. The van der Waals surface area contributed by atoms with Crippen LogP contribution in [-0.2, 0) is 9.53 Å². The summed E-state index contributed by atoms with van der Waals surface area (Å²) in [4.78, 5) is 24.9. The molecule has 0 radical (unpaired) electrons. The van der Waals surface area contributed by atoms with Crippen LogP contribution in [0.25, 0.3) is 0 Å². The third kappa shape index (κ3) is 4.18. The van der Waals surface area contributed by atoms with Gasteiger partial charge in [-0.1, -0.05) is 0 Å². The number of aryl methyl sites for hydroxylation is 1. The summed E-state index contributed by atoms with van der Waals surface area (Å²) in [6, 6.07) is 1.54. The van der Waals surface area contributed by atoms with Gasteiger partial charge in [0.1, 0.15) is 0 Å². The maximum absolute atomic E-state index is 10.9. The van der Waals surface area contributed by atoms with Crippen LogP contribution in [0.2, 0.25) is 0 Å². The van der Waals surface area contributed by atoms with E-state index in [0.29, 0.717) is 5.56 Å². The normalized spacial score (nSPS) is 11.9. The van der Waals surface area contributed by atoms with Gasteiger partial charge in [0.2, 0.25) is 5.82 Å². The molecule has 0 saturated heterocycles. The number of carbonyl (C=O) groups is 1. The second-order valence-corrected chi connectivity index (χ2v) is 3.92. The number of pyridine rings is 1. The molecule has 8 nitrogen and oxygen atoms in total. The van der Waals surface area contributed by atoms with Gasteiger partial charge in [0.25, 0.3) is 0 Å². The van der Waals surface area contributed by atoms with Crippen LogP contribution in [0.4, 0.5) is 11.5 Å². The van der Waals surface area contributed by atoms with Gasteiger partial charge in [-0.15, -0.1) is 0 Å². The Balaban J connectivity index is 2.79. The number of nitrogens with zero attached hydrogens (tertiary/aromatic N) is 2. The summed E-state index contributed by atoms with van der Waals surface area (Å²) >= 11 is 0. The van der Waals surface area contributed by atoms with Crippen LogP contribution < -0.4 is 5.32 Å². The van der Waals surface area contributed by atoms with Gasteiger partial charge in [-0.05, 0) is 13.0 Å². The molecule has 1 aromatic rings. The fourth-order valence-corrected chi connectivity index (χ4v) is 1.55. The van der Waals surface area contributed by atoms with Crippen molar-refractivity contribution in [2.75, 3.05) is 19.0 Å². The Kier molecular flexibility index (Phi) is 5.19. The van der Waals surface area contributed by atoms with Crippen LogP contribution in [0.15, 0.2) is 12.3 Å². The first-order valence-corrected chi connectivity index (χ1v) is 5.54. The summed E-state index contributed by atoms with van der Waals surface area (Å²) in [6.45, 7) is 1.73. The molecule has 0 fully saturated rings. The topological polar surface area (TPSA) is 115 Å². The molecule has 0 aromatic carbocycles. The molecule has 0 aliphatic heterocycles. The number of anilines is 1. The molecule has 2 N–H and O–H groups in total. The quantitative estimate of drug-likeness (QED) is 0.564. The van der Waals surface area contributed by atoms with E-state index in [1.165, 1.54) is 19.4 Å². The number of ether oxygens (including phenoxy) is 1. The number of nitro groups is 1. The average molecular weight is 269 g/mol. The number of methoxy groups -OCH3 is 1. The minimum atomic E-state index is -1.000. The van der Waals surface area contributed by atoms with Gasteiger partial charge in [-0.25, -0.2) is 4.98 Å². The number of nitrogens with one attached hydrogen (secondary N) is 1. The molecule has 1 unspecified atom stereocenters. The highest BCUT2D eigenvalue weighted by molar-refractivity contribution is 5.67. The average Bonchev–Trinajstić information content (AvgIpc) is 2.33. The minimum absolute atomic E-state index is 0.109. The van der Waals surface area contributed by atoms with Crippen molar-refractivity contribution in [3.8, 4) is 0 Å². The van der Waals surface area contributed by atoms with Crippen molar-refractivity contribution in [2.45, 2.75) is 19.4 Å². The van der Waals surface area contributed by atoms with E-state index in [2.05, 4.69) is 10.3 Å². The van der Waals surface area contributed by atoms with Gasteiger partial charge < -0.3 is 15.2 Å². The van der Waals surface area contributed by atoms with Crippen LogP contribution in [-0.4, -0.2) is 40.7 Å². The Bertz CT molecular complexity index is 477. The lowest BCUT2D eigenvalue weighted by Gasteiger charge is -2.14. The number of aliphatic carboxylic acids is 1. The molecule has 19 heavy (non-hydrogen) atoms. The molecular weight excluding hydrogens is 254 g/mol. The van der Waals surface area contributed by atoms with Crippen LogP contribution in [0, 0.1) is 17.0 Å². The SMILES string of the molecule is COC(CNc1nccc(C)c1[N+](=O)[O-])CC(=O)O. The summed E-state index contributed by atoms with van der Waals surface area (Å²) in [6.07, 6.45) is 0.673. The lowest BCUT2D eigenvalue weighted by molar-refractivity contribution is -0.384. The molecule has 0 aliphatic carbocycles. The molecule has 8 heteroatoms. The van der Waals surface area contributed by atoms with Crippen molar-refractivity contribution < 1.29 is 19.6 Å². The zero-order valence-electron chi connectivity index (χ0n) is 10.6. The number of hydrogen-bond donors (Lipinski definition) is 2. The largest absolute Gasteiger partial charge is 0.481 e. The highest BCUT2D eigenvalue weighted by Crippen LogP contribution is 2.25. The van der Waals surface area contributed by atoms with Crippen molar-refractivity contribution in [3.05, 3.63) is 27.9 Å². The van der Waals surface area contributed by atoms with E-state index in [4.69, 9.17) is 9.84 Å². The molecule has 1 aromatic heterocycles. The van der Waals surface area contributed by atoms with Gasteiger partial charge in [0.15, 0.2) is 0 Å². The van der Waals surface area contributed by atoms with Gasteiger partial charge in [0.05, 0.1) is 17.4 Å². The monoisotopic (exact) mass is 269 g/mol. The van der Waals surface area contributed by atoms with E-state index in [0.717, 1.165) is 0 Å². The Hall–Kier alpha value is -2.22. The fourth-order valence-electron chi connectivity index (χ4n) is 1.55. The fraction of sp³-hybridized carbons (Fsp3) is 0.455. The van der Waals surface area contributed by atoms with Crippen molar-refractivity contribution in [2.24, 2.45) is 0 Å². The highest BCUT2D eigenvalue weighted by atomic mass is 16.6. The standard InChI is InChI=1S/C11H15N3O5/c1-7-3-4-12-11(10(7)14(17)18)13-6-8(19-2)5-9(15)16/h3-4,8H,5-6H2,1-2H3,(H,12,13)(H,15,16). The second-order valence-electron chi connectivity index (χ2n) is 3.92. The number of rotatable bonds is 7. The molecule has 0 aliphatic rings. The van der Waals surface area contributed by atoms with Gasteiger partial charge in [0, 0.05) is 25.4 Å². The van der Waals surface area contributed by atoms with E-state index >= 15 is 0 Å². The summed E-state index contributed by atoms with van der Waals surface area (Å²) in [7, 11) is 1.38. The second kappa shape index (κ2) is 6.64. The van der Waals surface area contributed by atoms with E-state index in [1.807, 2.05) is 0 Å². The van der Waals surface area contributed by atoms with Crippen molar-refractivity contribution >= 4 is 17.5 Å². The van der Waals surface area contributed by atoms with Gasteiger partial charge in [-0.3, -0.25) is 14.9 Å². The zero-order chi connectivity index (χ0) is 14.4. The Morgan fingerprint density at radius 1 is 1.68 bits per heavy atom. The van der Waals surface area contributed by atoms with Crippen molar-refractivity contribution in [1.82, 2.24) is 4.98 Å². The van der Waals surface area contributed by atoms with Crippen LogP contribution in [0.5, 0.6) is 0 Å². The lowest BCUT2D eigenvalue weighted by Crippen LogP contribution is -2.25. The Morgan fingerprint density at radius 2 is 2.37 bits per heavy atom. The molecule has 0 amide bonds. The van der Waals surface area contributed by atoms with Crippen molar-refractivity contribution in [1.29, 1.82) is 0 Å². The highest BCUT2D eigenvalue weighted by Gasteiger charge is 2.20. The number of aromatic nitrogens is 1. The number of carboxylic acid groups (broad SMARTS) is 1. The molecule has 0 saturated carbocycles. The lowest BCUT2D eigenvalue weighted by atomic mass is 10.2. The summed E-state index contributed by atoms with van der Waals surface area (Å²) in [5.41, 5.74) is 0.363. The maximum Gasteiger partial charge on any atom is 0.314 e. The Labute approximate surface area is 109 Å². The number of carboxylic acids is 1. The summed E-state index contributed by atoms with van der Waals surface area (Å²) < 4.78 is 4.97. The van der Waals surface area contributed by atoms with Crippen LogP contribution in [0.1, 0.15) is 12.0 Å². The molecule has 1 rings (SSSR count). The predicted molar refractivity (Wildman–Crippen MR) is 67.2 cm³/mol. The van der Waals surface area contributed by atoms with Gasteiger partial charge in [-0.2, -0.15) is 0 Å². The van der Waals surface area contributed by atoms with E-state index in [-0.39, 0.29) is 24.5 Å². The van der Waals surface area contributed by atoms with Crippen LogP contribution >= 0.6 is 0 Å². The third-order valence-electron chi connectivity index (χ3n) is 2.54. The zero-order valence-corrected chi connectivity index (χ0v) is 10.6. The van der Waals surface area contributed by atoms with Gasteiger partial charge >= 0.3 is 11.7 Å². The number of hydrogen-bond acceptors (Lipinski definition) is 6. The Morgan fingerprint density at radius 3 is 2.89 bits per heavy atom. The third-order valence-corrected chi connectivity index (χ3v) is 2.54. The molecule has 1 atom stereocenters. The molecule has 0 bridgehead atoms. The molecule has 104 valence electrons.